The fraction of sp³-hybridized carbons (Fsp3) is 0.917. The third-order valence-corrected chi connectivity index (χ3v) is 2.97. The van der Waals surface area contributed by atoms with Crippen LogP contribution in [0.15, 0.2) is 0 Å². The number of esters is 1. The Labute approximate surface area is 108 Å². The minimum atomic E-state index is -0.316. The van der Waals surface area contributed by atoms with E-state index >= 15 is 0 Å². The van der Waals surface area contributed by atoms with Crippen LogP contribution in [0.4, 0.5) is 0 Å². The summed E-state index contributed by atoms with van der Waals surface area (Å²) in [7, 11) is 3.38. The Balaban J connectivity index is 2.12. The van der Waals surface area contributed by atoms with Gasteiger partial charge in [0.1, 0.15) is 6.61 Å². The lowest BCUT2D eigenvalue weighted by molar-refractivity contribution is -0.148. The molecule has 0 N–H and O–H groups in total. The van der Waals surface area contributed by atoms with Crippen LogP contribution in [0.5, 0.6) is 0 Å². The summed E-state index contributed by atoms with van der Waals surface area (Å²) in [5.74, 6) is -0.316. The van der Waals surface area contributed by atoms with Crippen molar-refractivity contribution >= 4 is 5.97 Å². The molecule has 0 aliphatic carbocycles. The van der Waals surface area contributed by atoms with Crippen molar-refractivity contribution in [2.45, 2.75) is 19.1 Å². The molecule has 0 bridgehead atoms. The highest BCUT2D eigenvalue weighted by Crippen LogP contribution is 2.14. The third-order valence-electron chi connectivity index (χ3n) is 2.97. The van der Waals surface area contributed by atoms with Gasteiger partial charge >= 0.3 is 5.97 Å². The van der Waals surface area contributed by atoms with Crippen molar-refractivity contribution in [3.05, 3.63) is 0 Å². The van der Waals surface area contributed by atoms with Gasteiger partial charge in [-0.2, -0.15) is 0 Å². The van der Waals surface area contributed by atoms with Gasteiger partial charge in [0.05, 0.1) is 25.4 Å². The first-order valence-electron chi connectivity index (χ1n) is 6.22. The predicted octanol–water partition coefficient (Wildman–Crippen LogP) is -0.0883. The van der Waals surface area contributed by atoms with Crippen molar-refractivity contribution in [2.24, 2.45) is 0 Å². The fourth-order valence-corrected chi connectivity index (χ4v) is 2.01. The Morgan fingerprint density at radius 2 is 1.83 bits per heavy atom. The molecule has 106 valence electrons. The second kappa shape index (κ2) is 8.42. The zero-order chi connectivity index (χ0) is 13.4. The number of rotatable bonds is 8. The van der Waals surface area contributed by atoms with Crippen LogP contribution in [0.1, 0.15) is 6.92 Å². The maximum atomic E-state index is 11.0. The highest BCUT2D eigenvalue weighted by atomic mass is 16.6. The number of carbonyl (C=O) groups is 1. The molecule has 6 heteroatoms. The van der Waals surface area contributed by atoms with E-state index in [9.17, 15) is 4.79 Å². The minimum absolute atomic E-state index is 0.0170. The van der Waals surface area contributed by atoms with Gasteiger partial charge in [-0.05, 0) is 6.92 Å². The first kappa shape index (κ1) is 15.4. The highest BCUT2D eigenvalue weighted by molar-refractivity contribution is 5.70. The van der Waals surface area contributed by atoms with Crippen molar-refractivity contribution in [2.75, 3.05) is 53.7 Å². The highest BCUT2D eigenvalue weighted by Gasteiger charge is 2.32. The van der Waals surface area contributed by atoms with Gasteiger partial charge in [-0.15, -0.1) is 0 Å². The van der Waals surface area contributed by atoms with Gasteiger partial charge in [0.15, 0.2) is 0 Å². The number of hydrogen-bond donors (Lipinski definition) is 0. The van der Waals surface area contributed by atoms with Gasteiger partial charge in [-0.3, -0.25) is 4.90 Å². The largest absolute Gasteiger partial charge is 0.464 e. The molecule has 0 amide bonds. The number of hydrogen-bond acceptors (Lipinski definition) is 6. The van der Waals surface area contributed by atoms with Crippen LogP contribution >= 0.6 is 0 Å². The van der Waals surface area contributed by atoms with Gasteiger partial charge in [0.2, 0.25) is 0 Å². The second-order valence-corrected chi connectivity index (χ2v) is 4.17. The van der Waals surface area contributed by atoms with Crippen LogP contribution in [-0.4, -0.2) is 76.8 Å². The zero-order valence-electron chi connectivity index (χ0n) is 11.4. The van der Waals surface area contributed by atoms with Crippen molar-refractivity contribution in [1.29, 1.82) is 0 Å². The van der Waals surface area contributed by atoms with Crippen LogP contribution in [-0.2, 0) is 23.7 Å². The van der Waals surface area contributed by atoms with Crippen molar-refractivity contribution in [3.63, 3.8) is 0 Å². The van der Waals surface area contributed by atoms with E-state index in [0.717, 1.165) is 19.6 Å². The quantitative estimate of drug-likeness (QED) is 0.450. The van der Waals surface area contributed by atoms with Crippen molar-refractivity contribution in [1.82, 2.24) is 4.90 Å². The molecule has 0 aromatic carbocycles. The van der Waals surface area contributed by atoms with E-state index in [-0.39, 0.29) is 24.8 Å². The van der Waals surface area contributed by atoms with E-state index in [1.807, 2.05) is 0 Å². The Kier molecular flexibility index (Phi) is 7.19. The molecule has 0 aromatic rings. The first-order valence-corrected chi connectivity index (χ1v) is 6.22. The maximum Gasteiger partial charge on any atom is 0.332 e. The summed E-state index contributed by atoms with van der Waals surface area (Å²) in [5.41, 5.74) is 0. The molecule has 1 aliphatic heterocycles. The van der Waals surface area contributed by atoms with Gasteiger partial charge in [0.25, 0.3) is 0 Å². The SMILES string of the molecule is CCOC(=O)COCCN1CC(OC)C(OC)C1. The van der Waals surface area contributed by atoms with Crippen molar-refractivity contribution in [3.8, 4) is 0 Å². The molecule has 0 radical (unpaired) electrons. The molecule has 0 spiro atoms. The van der Waals surface area contributed by atoms with E-state index in [4.69, 9.17) is 18.9 Å². The molecular weight excluding hydrogens is 238 g/mol. The first-order chi connectivity index (χ1) is 8.71. The summed E-state index contributed by atoms with van der Waals surface area (Å²) in [6, 6.07) is 0. The van der Waals surface area contributed by atoms with E-state index < -0.39 is 0 Å². The van der Waals surface area contributed by atoms with E-state index in [2.05, 4.69) is 4.90 Å². The molecular formula is C12H23NO5. The lowest BCUT2D eigenvalue weighted by atomic mass is 10.3. The van der Waals surface area contributed by atoms with E-state index in [0.29, 0.717) is 13.2 Å². The molecule has 1 aliphatic rings. The standard InChI is InChI=1S/C12H23NO5/c1-4-18-12(14)9-17-6-5-13-7-10(15-2)11(8-13)16-3/h10-11H,4-9H2,1-3H3. The molecule has 6 nitrogen and oxygen atoms in total. The Bertz CT molecular complexity index is 237. The van der Waals surface area contributed by atoms with Gasteiger partial charge < -0.3 is 18.9 Å². The summed E-state index contributed by atoms with van der Waals surface area (Å²) >= 11 is 0. The molecule has 0 aromatic heterocycles. The average Bonchev–Trinajstić information content (AvgIpc) is 2.77. The zero-order valence-corrected chi connectivity index (χ0v) is 11.4. The molecule has 1 rings (SSSR count). The monoisotopic (exact) mass is 261 g/mol. The molecule has 2 unspecified atom stereocenters. The van der Waals surface area contributed by atoms with Crippen LogP contribution in [0, 0.1) is 0 Å². The number of ether oxygens (including phenoxy) is 4. The summed E-state index contributed by atoms with van der Waals surface area (Å²) in [6.45, 7) is 5.11. The fourth-order valence-electron chi connectivity index (χ4n) is 2.01. The molecule has 0 saturated carbocycles. The lowest BCUT2D eigenvalue weighted by Gasteiger charge is -2.14. The smallest absolute Gasteiger partial charge is 0.332 e. The molecule has 18 heavy (non-hydrogen) atoms. The third kappa shape index (κ3) is 4.89. The summed E-state index contributed by atoms with van der Waals surface area (Å²) in [5, 5.41) is 0. The summed E-state index contributed by atoms with van der Waals surface area (Å²) < 4.78 is 20.7. The van der Waals surface area contributed by atoms with Crippen molar-refractivity contribution < 1.29 is 23.7 Å². The number of carbonyl (C=O) groups excluding carboxylic acids is 1. The Morgan fingerprint density at radius 1 is 1.22 bits per heavy atom. The van der Waals surface area contributed by atoms with Gasteiger partial charge in [0, 0.05) is 33.9 Å². The second-order valence-electron chi connectivity index (χ2n) is 4.17. The number of likely N-dealkylation sites (tertiary alicyclic amines) is 1. The Hall–Kier alpha value is -0.690. The number of methoxy groups -OCH3 is 2. The molecule has 1 fully saturated rings. The Morgan fingerprint density at radius 3 is 2.33 bits per heavy atom. The maximum absolute atomic E-state index is 11.0. The lowest BCUT2D eigenvalue weighted by Crippen LogP contribution is -2.27. The molecule has 2 atom stereocenters. The topological polar surface area (TPSA) is 57.2 Å². The van der Waals surface area contributed by atoms with E-state index in [1.54, 1.807) is 21.1 Å². The predicted molar refractivity (Wildman–Crippen MR) is 65.5 cm³/mol. The van der Waals surface area contributed by atoms with E-state index in [1.165, 1.54) is 0 Å². The average molecular weight is 261 g/mol. The van der Waals surface area contributed by atoms with Crippen LogP contribution in [0.25, 0.3) is 0 Å². The van der Waals surface area contributed by atoms with Gasteiger partial charge in [-0.25, -0.2) is 4.79 Å². The molecule has 1 heterocycles. The minimum Gasteiger partial charge on any atom is -0.464 e. The summed E-state index contributed by atoms with van der Waals surface area (Å²) in [4.78, 5) is 13.2. The van der Waals surface area contributed by atoms with Crippen LogP contribution < -0.4 is 0 Å². The van der Waals surface area contributed by atoms with Gasteiger partial charge in [-0.1, -0.05) is 0 Å². The number of nitrogens with zero attached hydrogens (tertiary/aromatic N) is 1. The van der Waals surface area contributed by atoms with Crippen LogP contribution in [0.2, 0.25) is 0 Å². The van der Waals surface area contributed by atoms with Crippen LogP contribution in [0.3, 0.4) is 0 Å². The summed E-state index contributed by atoms with van der Waals surface area (Å²) in [6.07, 6.45) is 0.222. The normalized spacial score (nSPS) is 24.4. The molecule has 1 saturated heterocycles.